The smallest absolute Gasteiger partial charge is 0.319 e. The molecule has 5 rings (SSSR count). The van der Waals surface area contributed by atoms with Crippen LogP contribution in [0.4, 0.5) is 10.5 Å². The van der Waals surface area contributed by atoms with E-state index in [-0.39, 0.29) is 12.8 Å². The van der Waals surface area contributed by atoms with Gasteiger partial charge < -0.3 is 20.1 Å². The minimum absolute atomic E-state index is 0.232. The molecule has 0 spiro atoms. The molecular formula is C19H18N6O3. The second-order valence-corrected chi connectivity index (χ2v) is 6.75. The number of fused-ring (bicyclic) bond motifs is 1. The Hall–Kier alpha value is -3.62. The summed E-state index contributed by atoms with van der Waals surface area (Å²) in [5, 5.41) is 17.6. The number of tetrazole rings is 1. The molecule has 2 aliphatic rings. The maximum atomic E-state index is 12.2. The van der Waals surface area contributed by atoms with Gasteiger partial charge in [0.1, 0.15) is 0 Å². The van der Waals surface area contributed by atoms with Crippen LogP contribution < -0.4 is 20.1 Å². The summed E-state index contributed by atoms with van der Waals surface area (Å²) in [4.78, 5) is 12.2. The van der Waals surface area contributed by atoms with Crippen molar-refractivity contribution in [1.82, 2.24) is 25.5 Å². The Morgan fingerprint density at radius 2 is 1.93 bits per heavy atom. The summed E-state index contributed by atoms with van der Waals surface area (Å²) in [6, 6.07) is 13.2. The molecular weight excluding hydrogens is 360 g/mol. The monoisotopic (exact) mass is 378 g/mol. The number of anilines is 1. The van der Waals surface area contributed by atoms with Crippen molar-refractivity contribution in [3.05, 3.63) is 48.0 Å². The van der Waals surface area contributed by atoms with Crippen molar-refractivity contribution in [2.45, 2.75) is 25.4 Å². The van der Waals surface area contributed by atoms with Gasteiger partial charge in [0, 0.05) is 17.8 Å². The molecule has 1 saturated carbocycles. The van der Waals surface area contributed by atoms with Crippen LogP contribution in [0.15, 0.2) is 42.5 Å². The number of carbonyl (C=O) groups excluding carboxylic acids is 1. The summed E-state index contributed by atoms with van der Waals surface area (Å²) in [5.41, 5.74) is 2.54. The van der Waals surface area contributed by atoms with Crippen molar-refractivity contribution < 1.29 is 14.3 Å². The highest BCUT2D eigenvalue weighted by molar-refractivity contribution is 5.89. The highest BCUT2D eigenvalue weighted by Crippen LogP contribution is 2.36. The van der Waals surface area contributed by atoms with Crippen LogP contribution in [-0.4, -0.2) is 33.0 Å². The summed E-state index contributed by atoms with van der Waals surface area (Å²) in [7, 11) is 0. The second-order valence-electron chi connectivity index (χ2n) is 6.75. The molecule has 0 saturated heterocycles. The third kappa shape index (κ3) is 3.34. The quantitative estimate of drug-likeness (QED) is 0.708. The van der Waals surface area contributed by atoms with E-state index in [9.17, 15) is 4.79 Å². The molecule has 0 atom stereocenters. The molecule has 1 aliphatic carbocycles. The van der Waals surface area contributed by atoms with Crippen molar-refractivity contribution in [2.24, 2.45) is 0 Å². The molecule has 142 valence electrons. The van der Waals surface area contributed by atoms with Gasteiger partial charge in [-0.15, -0.1) is 5.10 Å². The summed E-state index contributed by atoms with van der Waals surface area (Å²) in [6.45, 7) is 0.618. The van der Waals surface area contributed by atoms with Crippen molar-refractivity contribution in [2.75, 3.05) is 12.1 Å². The minimum Gasteiger partial charge on any atom is -0.454 e. The Kier molecular flexibility index (Phi) is 4.04. The Morgan fingerprint density at radius 3 is 2.75 bits per heavy atom. The first kappa shape index (κ1) is 16.5. The number of aromatic nitrogens is 4. The predicted octanol–water partition coefficient (Wildman–Crippen LogP) is 2.73. The van der Waals surface area contributed by atoms with Crippen LogP contribution in [-0.2, 0) is 6.54 Å². The van der Waals surface area contributed by atoms with E-state index in [1.165, 1.54) is 0 Å². The molecule has 28 heavy (non-hydrogen) atoms. The van der Waals surface area contributed by atoms with Gasteiger partial charge in [-0.25, -0.2) is 9.48 Å². The third-order valence-corrected chi connectivity index (χ3v) is 4.68. The summed E-state index contributed by atoms with van der Waals surface area (Å²) in [5.74, 6) is 2.17. The fourth-order valence-electron chi connectivity index (χ4n) is 3.06. The maximum absolute atomic E-state index is 12.2. The third-order valence-electron chi connectivity index (χ3n) is 4.68. The molecule has 2 N–H and O–H groups in total. The summed E-state index contributed by atoms with van der Waals surface area (Å²) < 4.78 is 12.5. The number of benzene rings is 2. The van der Waals surface area contributed by atoms with Crippen LogP contribution in [0.5, 0.6) is 11.5 Å². The van der Waals surface area contributed by atoms with E-state index >= 15 is 0 Å². The van der Waals surface area contributed by atoms with E-state index in [0.29, 0.717) is 24.0 Å². The molecule has 1 fully saturated rings. The van der Waals surface area contributed by atoms with E-state index in [1.54, 1.807) is 0 Å². The maximum Gasteiger partial charge on any atom is 0.319 e. The average Bonchev–Trinajstić information content (AvgIpc) is 3.25. The molecule has 1 aliphatic heterocycles. The van der Waals surface area contributed by atoms with Crippen LogP contribution in [0.1, 0.15) is 24.4 Å². The van der Waals surface area contributed by atoms with E-state index in [2.05, 4.69) is 26.2 Å². The second kappa shape index (κ2) is 6.84. The number of urea groups is 1. The molecule has 1 aromatic heterocycles. The van der Waals surface area contributed by atoms with Gasteiger partial charge in [-0.3, -0.25) is 0 Å². The molecule has 3 aromatic rings. The molecule has 9 heteroatoms. The molecule has 2 aromatic carbocycles. The fourth-order valence-corrected chi connectivity index (χ4v) is 3.06. The first-order chi connectivity index (χ1) is 13.8. The molecule has 0 unspecified atom stereocenters. The summed E-state index contributed by atoms with van der Waals surface area (Å²) >= 11 is 0. The van der Waals surface area contributed by atoms with Crippen molar-refractivity contribution in [3.63, 3.8) is 0 Å². The molecule has 0 bridgehead atoms. The number of hydrogen-bond donors (Lipinski definition) is 2. The van der Waals surface area contributed by atoms with Gasteiger partial charge in [0.2, 0.25) is 6.79 Å². The predicted molar refractivity (Wildman–Crippen MR) is 99.9 cm³/mol. The lowest BCUT2D eigenvalue weighted by atomic mass is 10.2. The first-order valence-corrected chi connectivity index (χ1v) is 9.08. The van der Waals surface area contributed by atoms with Crippen LogP contribution in [0, 0.1) is 0 Å². The van der Waals surface area contributed by atoms with Gasteiger partial charge in [0.25, 0.3) is 0 Å². The molecule has 2 heterocycles. The number of rotatable bonds is 5. The highest BCUT2D eigenvalue weighted by atomic mass is 16.7. The number of nitrogens with zero attached hydrogens (tertiary/aromatic N) is 4. The largest absolute Gasteiger partial charge is 0.454 e. The standard InChI is InChI=1S/C19H18N6O3/c26-19(20-10-12-1-8-16-17(9-12)28-11-27-16)21-14-4-2-13(3-5-14)18-22-23-24-25(18)15-6-7-15/h1-5,8-9,15H,6-7,10-11H2,(H2,20,21,26). The molecule has 2 amide bonds. The zero-order valence-corrected chi connectivity index (χ0v) is 15.0. The number of carbonyl (C=O) groups is 1. The number of amides is 2. The lowest BCUT2D eigenvalue weighted by Gasteiger charge is -2.09. The molecule has 0 radical (unpaired) electrons. The van der Waals surface area contributed by atoms with Crippen molar-refractivity contribution >= 4 is 11.7 Å². The molecule has 9 nitrogen and oxygen atoms in total. The van der Waals surface area contributed by atoms with Crippen molar-refractivity contribution in [1.29, 1.82) is 0 Å². The summed E-state index contributed by atoms with van der Waals surface area (Å²) in [6.07, 6.45) is 2.22. The lowest BCUT2D eigenvalue weighted by Crippen LogP contribution is -2.28. The highest BCUT2D eigenvalue weighted by Gasteiger charge is 2.28. The van der Waals surface area contributed by atoms with Gasteiger partial charge >= 0.3 is 6.03 Å². The van der Waals surface area contributed by atoms with E-state index in [0.717, 1.165) is 35.5 Å². The Morgan fingerprint density at radius 1 is 1.11 bits per heavy atom. The van der Waals surface area contributed by atoms with Crippen molar-refractivity contribution in [3.8, 4) is 22.9 Å². The van der Waals surface area contributed by atoms with Crippen LogP contribution in [0.2, 0.25) is 0 Å². The number of ether oxygens (including phenoxy) is 2. The van der Waals surface area contributed by atoms with Gasteiger partial charge in [0.15, 0.2) is 17.3 Å². The van der Waals surface area contributed by atoms with Crippen LogP contribution in [0.25, 0.3) is 11.4 Å². The van der Waals surface area contributed by atoms with Crippen LogP contribution >= 0.6 is 0 Å². The van der Waals surface area contributed by atoms with Crippen LogP contribution in [0.3, 0.4) is 0 Å². The average molecular weight is 378 g/mol. The lowest BCUT2D eigenvalue weighted by molar-refractivity contribution is 0.174. The van der Waals surface area contributed by atoms with Gasteiger partial charge in [-0.1, -0.05) is 6.07 Å². The zero-order valence-electron chi connectivity index (χ0n) is 15.0. The van der Waals surface area contributed by atoms with E-state index < -0.39 is 0 Å². The zero-order chi connectivity index (χ0) is 18.9. The Labute approximate surface area is 160 Å². The Bertz CT molecular complexity index is 1010. The topological polar surface area (TPSA) is 103 Å². The normalized spacial score (nSPS) is 14.7. The van der Waals surface area contributed by atoms with E-state index in [1.807, 2.05) is 47.1 Å². The van der Waals surface area contributed by atoms with Gasteiger partial charge in [-0.05, 0) is 65.2 Å². The number of nitrogens with one attached hydrogen (secondary N) is 2. The Balaban J connectivity index is 1.19. The first-order valence-electron chi connectivity index (χ1n) is 9.08. The minimum atomic E-state index is -0.284. The number of hydrogen-bond acceptors (Lipinski definition) is 6. The fraction of sp³-hybridized carbons (Fsp3) is 0.263. The van der Waals surface area contributed by atoms with Gasteiger partial charge in [0.05, 0.1) is 6.04 Å². The van der Waals surface area contributed by atoms with E-state index in [4.69, 9.17) is 9.47 Å². The SMILES string of the molecule is O=C(NCc1ccc2c(c1)OCO2)Nc1ccc(-c2nnnn2C2CC2)cc1. The van der Waals surface area contributed by atoms with Gasteiger partial charge in [-0.2, -0.15) is 0 Å².